The summed E-state index contributed by atoms with van der Waals surface area (Å²) < 4.78 is 28.2. The van der Waals surface area contributed by atoms with Gasteiger partial charge in [-0.2, -0.15) is 0 Å². The van der Waals surface area contributed by atoms with Crippen molar-refractivity contribution in [2.75, 3.05) is 10.0 Å². The largest absolute Gasteiger partial charge is 0.368 e. The molecule has 0 bridgehead atoms. The lowest BCUT2D eigenvalue weighted by molar-refractivity contribution is -0.384. The number of amides is 1. The second kappa shape index (κ2) is 9.06. The predicted molar refractivity (Wildman–Crippen MR) is 122 cm³/mol. The van der Waals surface area contributed by atoms with Gasteiger partial charge in [0.05, 0.1) is 15.5 Å². The number of rotatable bonds is 8. The van der Waals surface area contributed by atoms with E-state index in [2.05, 4.69) is 10.0 Å². The zero-order valence-corrected chi connectivity index (χ0v) is 18.2. The molecule has 0 aliphatic heterocycles. The normalized spacial score (nSPS) is 12.1. The van der Waals surface area contributed by atoms with Crippen molar-refractivity contribution in [1.82, 2.24) is 0 Å². The molecule has 1 unspecified atom stereocenters. The Balaban J connectivity index is 1.96. The van der Waals surface area contributed by atoms with Crippen LogP contribution in [0.25, 0.3) is 0 Å². The van der Waals surface area contributed by atoms with Crippen LogP contribution in [0.1, 0.15) is 22.7 Å². The molecule has 4 N–H and O–H groups in total. The second-order valence-corrected chi connectivity index (χ2v) is 8.93. The first-order valence-corrected chi connectivity index (χ1v) is 11.1. The predicted octanol–water partition coefficient (Wildman–Crippen LogP) is 3.65. The SMILES string of the molecule is Cc1ccc(NS(=O)(=O)c2ccc(NC(C(N)=O)c3ccccc3)c([N+](=O)[O-])c2)c(C)c1. The molecule has 1 atom stereocenters. The number of carbonyl (C=O) groups is 1. The van der Waals surface area contributed by atoms with Crippen molar-refractivity contribution in [2.45, 2.75) is 24.8 Å². The topological polar surface area (TPSA) is 144 Å². The van der Waals surface area contributed by atoms with Crippen LogP contribution < -0.4 is 15.8 Å². The fraction of sp³-hybridized carbons (Fsp3) is 0.136. The summed E-state index contributed by atoms with van der Waals surface area (Å²) >= 11 is 0. The number of primary amides is 1. The number of hydrogen-bond donors (Lipinski definition) is 3. The molecule has 3 rings (SSSR count). The maximum Gasteiger partial charge on any atom is 0.293 e. The Labute approximate surface area is 185 Å². The van der Waals surface area contributed by atoms with Crippen molar-refractivity contribution in [2.24, 2.45) is 5.73 Å². The number of nitrogens with two attached hydrogens (primary N) is 1. The molecule has 0 radical (unpaired) electrons. The van der Waals surface area contributed by atoms with Gasteiger partial charge in [0.1, 0.15) is 11.7 Å². The minimum Gasteiger partial charge on any atom is -0.368 e. The van der Waals surface area contributed by atoms with Gasteiger partial charge in [-0.15, -0.1) is 0 Å². The Bertz CT molecular complexity index is 1280. The van der Waals surface area contributed by atoms with Gasteiger partial charge in [-0.25, -0.2) is 8.42 Å². The molecule has 0 saturated carbocycles. The third-order valence-electron chi connectivity index (χ3n) is 4.82. The highest BCUT2D eigenvalue weighted by molar-refractivity contribution is 7.92. The van der Waals surface area contributed by atoms with Crippen molar-refractivity contribution < 1.29 is 18.1 Å². The lowest BCUT2D eigenvalue weighted by atomic mass is 10.1. The Hall–Kier alpha value is -3.92. The third kappa shape index (κ3) is 5.03. The van der Waals surface area contributed by atoms with Gasteiger partial charge in [0.2, 0.25) is 5.91 Å². The number of benzene rings is 3. The number of sulfonamides is 1. The van der Waals surface area contributed by atoms with Crippen LogP contribution in [-0.2, 0) is 14.8 Å². The fourth-order valence-corrected chi connectivity index (χ4v) is 4.35. The molecule has 166 valence electrons. The van der Waals surface area contributed by atoms with Crippen molar-refractivity contribution in [3.8, 4) is 0 Å². The van der Waals surface area contributed by atoms with E-state index in [9.17, 15) is 23.3 Å². The third-order valence-corrected chi connectivity index (χ3v) is 6.18. The number of carbonyl (C=O) groups excluding carboxylic acids is 1. The number of nitrogens with one attached hydrogen (secondary N) is 2. The maximum atomic E-state index is 12.8. The minimum atomic E-state index is -4.09. The van der Waals surface area contributed by atoms with Crippen LogP contribution in [0.3, 0.4) is 0 Å². The van der Waals surface area contributed by atoms with Crippen LogP contribution in [0.5, 0.6) is 0 Å². The van der Waals surface area contributed by atoms with Crippen molar-refractivity contribution >= 4 is 33.0 Å². The Morgan fingerprint density at radius 1 is 1.00 bits per heavy atom. The van der Waals surface area contributed by atoms with E-state index >= 15 is 0 Å². The van der Waals surface area contributed by atoms with Crippen LogP contribution >= 0.6 is 0 Å². The van der Waals surface area contributed by atoms with E-state index in [1.54, 1.807) is 49.4 Å². The van der Waals surface area contributed by atoms with Crippen LogP contribution in [0.4, 0.5) is 17.1 Å². The Morgan fingerprint density at radius 2 is 1.66 bits per heavy atom. The van der Waals surface area contributed by atoms with Gasteiger partial charge in [-0.3, -0.25) is 19.6 Å². The average Bonchev–Trinajstić information content (AvgIpc) is 2.74. The zero-order valence-electron chi connectivity index (χ0n) is 17.4. The summed E-state index contributed by atoms with van der Waals surface area (Å²) in [4.78, 5) is 22.6. The number of nitro benzene ring substituents is 1. The molecule has 0 heterocycles. The smallest absolute Gasteiger partial charge is 0.293 e. The van der Waals surface area contributed by atoms with Crippen molar-refractivity contribution in [3.05, 3.63) is 93.5 Å². The first-order chi connectivity index (χ1) is 15.1. The van der Waals surface area contributed by atoms with Crippen molar-refractivity contribution in [1.29, 1.82) is 0 Å². The van der Waals surface area contributed by atoms with E-state index in [0.717, 1.165) is 11.6 Å². The Kier molecular flexibility index (Phi) is 6.45. The molecule has 0 fully saturated rings. The van der Waals surface area contributed by atoms with Gasteiger partial charge in [-0.05, 0) is 43.2 Å². The molecule has 3 aromatic carbocycles. The first kappa shape index (κ1) is 22.8. The summed E-state index contributed by atoms with van der Waals surface area (Å²) in [5, 5.41) is 14.4. The monoisotopic (exact) mass is 454 g/mol. The summed E-state index contributed by atoms with van der Waals surface area (Å²) in [7, 11) is -4.09. The van der Waals surface area contributed by atoms with Gasteiger partial charge in [0.25, 0.3) is 15.7 Å². The van der Waals surface area contributed by atoms with Crippen LogP contribution in [0.15, 0.2) is 71.6 Å². The molecular formula is C22H22N4O5S. The average molecular weight is 455 g/mol. The molecule has 1 amide bonds. The van der Waals surface area contributed by atoms with Gasteiger partial charge >= 0.3 is 0 Å². The molecular weight excluding hydrogens is 432 g/mol. The van der Waals surface area contributed by atoms with Crippen LogP contribution in [0.2, 0.25) is 0 Å². The molecule has 9 nitrogen and oxygen atoms in total. The van der Waals surface area contributed by atoms with E-state index in [1.807, 2.05) is 13.0 Å². The number of nitro groups is 1. The first-order valence-electron chi connectivity index (χ1n) is 9.58. The van der Waals surface area contributed by atoms with E-state index in [0.29, 0.717) is 16.8 Å². The highest BCUT2D eigenvalue weighted by Gasteiger charge is 2.25. The van der Waals surface area contributed by atoms with E-state index < -0.39 is 32.6 Å². The summed E-state index contributed by atoms with van der Waals surface area (Å²) in [5.41, 5.74) is 7.51. The summed E-state index contributed by atoms with van der Waals surface area (Å²) in [6.45, 7) is 3.64. The molecule has 32 heavy (non-hydrogen) atoms. The zero-order chi connectivity index (χ0) is 23.5. The van der Waals surface area contributed by atoms with Gasteiger partial charge in [0.15, 0.2) is 0 Å². The van der Waals surface area contributed by atoms with E-state index in [1.165, 1.54) is 12.1 Å². The molecule has 0 saturated heterocycles. The summed E-state index contributed by atoms with van der Waals surface area (Å²) in [6, 6.07) is 16.1. The molecule has 0 spiro atoms. The van der Waals surface area contributed by atoms with Crippen molar-refractivity contribution in [3.63, 3.8) is 0 Å². The van der Waals surface area contributed by atoms with Crippen LogP contribution in [0, 0.1) is 24.0 Å². The standard InChI is InChI=1S/C22H22N4O5S/c1-14-8-10-18(15(2)12-14)25-32(30,31)17-9-11-19(20(13-17)26(28)29)24-21(22(23)27)16-6-4-3-5-7-16/h3-13,21,24-25H,1-2H3,(H2,23,27). The number of anilines is 2. The van der Waals surface area contributed by atoms with E-state index in [4.69, 9.17) is 5.73 Å². The van der Waals surface area contributed by atoms with Crippen LogP contribution in [-0.4, -0.2) is 19.2 Å². The van der Waals surface area contributed by atoms with Gasteiger partial charge < -0.3 is 11.1 Å². The fourth-order valence-electron chi connectivity index (χ4n) is 3.20. The van der Waals surface area contributed by atoms with E-state index in [-0.39, 0.29) is 10.6 Å². The summed E-state index contributed by atoms with van der Waals surface area (Å²) in [5.74, 6) is -0.737. The lowest BCUT2D eigenvalue weighted by Gasteiger charge is -2.18. The molecule has 10 heteroatoms. The number of nitrogens with zero attached hydrogens (tertiary/aromatic N) is 1. The Morgan fingerprint density at radius 3 is 2.25 bits per heavy atom. The maximum absolute atomic E-state index is 12.8. The lowest BCUT2D eigenvalue weighted by Crippen LogP contribution is -2.28. The number of aryl methyl sites for hydroxylation is 2. The minimum absolute atomic E-state index is 0.0341. The molecule has 0 aliphatic rings. The van der Waals surface area contributed by atoms with Gasteiger partial charge in [-0.1, -0.05) is 48.0 Å². The summed E-state index contributed by atoms with van der Waals surface area (Å²) in [6.07, 6.45) is 0. The molecule has 0 aliphatic carbocycles. The highest BCUT2D eigenvalue weighted by atomic mass is 32.2. The second-order valence-electron chi connectivity index (χ2n) is 7.25. The van der Waals surface area contributed by atoms with Gasteiger partial charge in [0, 0.05) is 6.07 Å². The number of hydrogen-bond acceptors (Lipinski definition) is 6. The molecule has 3 aromatic rings. The highest BCUT2D eigenvalue weighted by Crippen LogP contribution is 2.31. The molecule has 0 aromatic heterocycles. The quantitative estimate of drug-likeness (QED) is 0.350.